The maximum absolute atomic E-state index is 15.0. The van der Waals surface area contributed by atoms with Crippen LogP contribution in [0, 0.1) is 28.8 Å². The van der Waals surface area contributed by atoms with Crippen LogP contribution >= 0.6 is 0 Å². The van der Waals surface area contributed by atoms with Gasteiger partial charge < -0.3 is 21.3 Å². The van der Waals surface area contributed by atoms with E-state index in [9.17, 15) is 26.6 Å². The van der Waals surface area contributed by atoms with E-state index in [0.29, 0.717) is 34.3 Å². The second-order valence-corrected chi connectivity index (χ2v) is 11.1. The number of terminal acetylenes is 1. The number of alkyl halides is 3. The van der Waals surface area contributed by atoms with Crippen LogP contribution in [0.15, 0.2) is 71.8 Å². The normalized spacial score (nSPS) is 12.5. The lowest BCUT2D eigenvalue weighted by molar-refractivity contribution is -0.137. The fraction of sp³-hybridized carbons (Fsp3) is 0.107. The fourth-order valence-electron chi connectivity index (χ4n) is 3.73. The predicted octanol–water partition coefficient (Wildman–Crippen LogP) is 6.91. The first-order valence-corrected chi connectivity index (χ1v) is 14.1. The third-order valence-corrected chi connectivity index (χ3v) is 6.91. The molecule has 4 aromatic rings. The number of anilines is 5. The molecule has 0 radical (unpaired) electrons. The summed E-state index contributed by atoms with van der Waals surface area (Å²) in [5.74, 6) is 0.714. The van der Waals surface area contributed by atoms with Crippen molar-refractivity contribution < 1.29 is 31.0 Å². The summed E-state index contributed by atoms with van der Waals surface area (Å²) in [6.07, 6.45) is 3.28. The lowest BCUT2D eigenvalue weighted by Crippen LogP contribution is -2.21. The van der Waals surface area contributed by atoms with Crippen LogP contribution in [0.2, 0.25) is 0 Å². The number of carbonyl (C=O) groups is 1. The van der Waals surface area contributed by atoms with Gasteiger partial charge in [0.15, 0.2) is 0 Å². The van der Waals surface area contributed by atoms with E-state index in [1.807, 2.05) is 5.32 Å². The molecule has 0 saturated carbocycles. The zero-order chi connectivity index (χ0) is 31.4. The van der Waals surface area contributed by atoms with Crippen molar-refractivity contribution >= 4 is 44.6 Å². The summed E-state index contributed by atoms with van der Waals surface area (Å²) in [5, 5.41) is 9.94. The Morgan fingerprint density at radius 2 is 1.77 bits per heavy atom. The Hall–Kier alpha value is -5.23. The van der Waals surface area contributed by atoms with E-state index in [-0.39, 0.29) is 29.6 Å². The zero-order valence-corrected chi connectivity index (χ0v) is 23.0. The van der Waals surface area contributed by atoms with Gasteiger partial charge in [-0.2, -0.15) is 18.2 Å². The number of benzene rings is 3. The maximum atomic E-state index is 15.0. The van der Waals surface area contributed by atoms with Crippen LogP contribution < -0.4 is 21.3 Å². The Balaban J connectivity index is 1.55. The van der Waals surface area contributed by atoms with Crippen LogP contribution in [0.1, 0.15) is 5.56 Å². The number of nitrogens with zero attached hydrogens (tertiary/aromatic N) is 2. The smallest absolute Gasteiger partial charge is 0.358 e. The Kier molecular flexibility index (Phi) is 8.81. The molecule has 0 aliphatic carbocycles. The molecular weight excluding hydrogens is 593 g/mol. The van der Waals surface area contributed by atoms with E-state index in [0.717, 1.165) is 6.07 Å². The minimum absolute atomic E-state index is 0.0596. The molecule has 0 aliphatic rings. The molecule has 0 aliphatic heterocycles. The van der Waals surface area contributed by atoms with Crippen LogP contribution in [0.4, 0.5) is 55.6 Å². The standard InChI is InChI=1S/C28H22F5N7O2S/c1-3-11-35-25-20(15-36-26(40-25)37-18-5-4-6-19(14-18)43(2,34)42)16-7-10-23(22(30)12-16)38-27(41)39-24-13-17(28(31,32)33)8-9-21(24)29/h1,4-10,12-15,34H,11H2,2H3,(H2,38,39,41)(H2,35,36,37,40)/t43-/m0/s1. The number of nitrogens with one attached hydrogen (secondary N) is 5. The van der Waals surface area contributed by atoms with Crippen molar-refractivity contribution in [2.24, 2.45) is 0 Å². The van der Waals surface area contributed by atoms with Gasteiger partial charge in [0.25, 0.3) is 0 Å². The molecule has 1 atom stereocenters. The lowest BCUT2D eigenvalue weighted by atomic mass is 10.1. The monoisotopic (exact) mass is 615 g/mol. The molecule has 5 N–H and O–H groups in total. The third-order valence-electron chi connectivity index (χ3n) is 5.76. The van der Waals surface area contributed by atoms with Crippen LogP contribution in [0.25, 0.3) is 11.1 Å². The molecule has 9 nitrogen and oxygen atoms in total. The average molecular weight is 616 g/mol. The van der Waals surface area contributed by atoms with E-state index in [2.05, 4.69) is 31.8 Å². The Morgan fingerprint density at radius 1 is 1.02 bits per heavy atom. The van der Waals surface area contributed by atoms with Crippen molar-refractivity contribution in [2.75, 3.05) is 34.1 Å². The highest BCUT2D eigenvalue weighted by Gasteiger charge is 2.31. The number of halogens is 5. The number of hydrogen-bond acceptors (Lipinski definition) is 7. The summed E-state index contributed by atoms with van der Waals surface area (Å²) in [7, 11) is -2.96. The quantitative estimate of drug-likeness (QED) is 0.108. The first-order chi connectivity index (χ1) is 20.2. The molecule has 1 aromatic heterocycles. The Bertz CT molecular complexity index is 1840. The minimum Gasteiger partial charge on any atom is -0.358 e. The molecular formula is C28H22F5N7O2S. The number of carbonyl (C=O) groups excluding carboxylic acids is 1. The molecule has 1 heterocycles. The van der Waals surface area contributed by atoms with Gasteiger partial charge in [0.1, 0.15) is 17.5 Å². The number of aromatic nitrogens is 2. The van der Waals surface area contributed by atoms with Gasteiger partial charge >= 0.3 is 12.2 Å². The van der Waals surface area contributed by atoms with E-state index in [1.54, 1.807) is 18.2 Å². The second kappa shape index (κ2) is 12.3. The summed E-state index contributed by atoms with van der Waals surface area (Å²) >= 11 is 0. The van der Waals surface area contributed by atoms with Crippen molar-refractivity contribution in [3.05, 3.63) is 84.1 Å². The Morgan fingerprint density at radius 3 is 2.44 bits per heavy atom. The van der Waals surface area contributed by atoms with E-state index in [1.165, 1.54) is 30.7 Å². The summed E-state index contributed by atoms with van der Waals surface area (Å²) in [4.78, 5) is 21.3. The molecule has 2 amide bonds. The highest BCUT2D eigenvalue weighted by Crippen LogP contribution is 2.33. The van der Waals surface area contributed by atoms with Gasteiger partial charge in [-0.05, 0) is 54.1 Å². The average Bonchev–Trinajstić information content (AvgIpc) is 2.93. The second-order valence-electron chi connectivity index (χ2n) is 8.98. The number of hydrogen-bond donors (Lipinski definition) is 5. The summed E-state index contributed by atoms with van der Waals surface area (Å²) in [5.41, 5.74) is -1.18. The van der Waals surface area contributed by atoms with Crippen molar-refractivity contribution in [1.29, 1.82) is 4.78 Å². The van der Waals surface area contributed by atoms with Crippen LogP contribution in [-0.2, 0) is 15.9 Å². The summed E-state index contributed by atoms with van der Waals surface area (Å²) in [6, 6.07) is 10.4. The minimum atomic E-state index is -4.76. The highest BCUT2D eigenvalue weighted by molar-refractivity contribution is 7.91. The largest absolute Gasteiger partial charge is 0.416 e. The topological polar surface area (TPSA) is 132 Å². The predicted molar refractivity (Wildman–Crippen MR) is 154 cm³/mol. The van der Waals surface area contributed by atoms with E-state index < -0.39 is 44.8 Å². The van der Waals surface area contributed by atoms with Crippen molar-refractivity contribution in [2.45, 2.75) is 11.1 Å². The number of amides is 2. The SMILES string of the molecule is C#CCNc1nc(Nc2cccc([S@@](C)(=N)=O)c2)ncc1-c1ccc(NC(=O)Nc2cc(C(F)(F)F)ccc2F)c(F)c1. The first-order valence-electron chi connectivity index (χ1n) is 12.1. The molecule has 43 heavy (non-hydrogen) atoms. The number of urea groups is 1. The molecule has 0 fully saturated rings. The lowest BCUT2D eigenvalue weighted by Gasteiger charge is -2.14. The van der Waals surface area contributed by atoms with Gasteiger partial charge in [-0.15, -0.1) is 6.42 Å². The van der Waals surface area contributed by atoms with Gasteiger partial charge in [-0.3, -0.25) is 0 Å². The summed E-state index contributed by atoms with van der Waals surface area (Å²) in [6.45, 7) is 0.0596. The molecule has 0 spiro atoms. The molecule has 15 heteroatoms. The van der Waals surface area contributed by atoms with Crippen LogP contribution in [0.3, 0.4) is 0 Å². The zero-order valence-electron chi connectivity index (χ0n) is 22.1. The Labute approximate surface area is 242 Å². The van der Waals surface area contributed by atoms with Crippen LogP contribution in [-0.4, -0.2) is 33.0 Å². The molecule has 4 rings (SSSR count). The molecule has 222 valence electrons. The van der Waals surface area contributed by atoms with Crippen molar-refractivity contribution in [1.82, 2.24) is 9.97 Å². The van der Waals surface area contributed by atoms with Crippen molar-refractivity contribution in [3.8, 4) is 23.5 Å². The molecule has 0 bridgehead atoms. The van der Waals surface area contributed by atoms with Crippen LogP contribution in [0.5, 0.6) is 0 Å². The molecule has 3 aromatic carbocycles. The van der Waals surface area contributed by atoms with Gasteiger partial charge in [0.05, 0.1) is 33.2 Å². The van der Waals surface area contributed by atoms with Gasteiger partial charge in [-0.25, -0.2) is 27.5 Å². The highest BCUT2D eigenvalue weighted by atomic mass is 32.2. The van der Waals surface area contributed by atoms with E-state index in [4.69, 9.17) is 11.2 Å². The molecule has 0 saturated heterocycles. The van der Waals surface area contributed by atoms with Gasteiger partial charge in [0, 0.05) is 28.6 Å². The molecule has 0 unspecified atom stereocenters. The first kappa shape index (κ1) is 30.7. The van der Waals surface area contributed by atoms with Crippen molar-refractivity contribution in [3.63, 3.8) is 0 Å². The summed E-state index contributed by atoms with van der Waals surface area (Å²) < 4.78 is 87.7. The third kappa shape index (κ3) is 7.74. The maximum Gasteiger partial charge on any atom is 0.416 e. The number of rotatable bonds is 8. The fourth-order valence-corrected chi connectivity index (χ4v) is 4.42. The van der Waals surface area contributed by atoms with Gasteiger partial charge in [0.2, 0.25) is 5.95 Å². The van der Waals surface area contributed by atoms with Gasteiger partial charge in [-0.1, -0.05) is 18.1 Å². The van der Waals surface area contributed by atoms with E-state index >= 15 is 4.39 Å².